The lowest BCUT2D eigenvalue weighted by atomic mass is 9.85. The van der Waals surface area contributed by atoms with Gasteiger partial charge < -0.3 is 5.32 Å². The van der Waals surface area contributed by atoms with Crippen molar-refractivity contribution in [1.82, 2.24) is 4.31 Å². The van der Waals surface area contributed by atoms with Crippen LogP contribution in [0.5, 0.6) is 0 Å². The lowest BCUT2D eigenvalue weighted by Crippen LogP contribution is -2.43. The number of hydrogen-bond acceptors (Lipinski definition) is 3. The van der Waals surface area contributed by atoms with Crippen molar-refractivity contribution < 1.29 is 13.2 Å². The van der Waals surface area contributed by atoms with E-state index in [4.69, 9.17) is 0 Å². The average Bonchev–Trinajstić information content (AvgIpc) is 2.46. The molecule has 2 rings (SSSR count). The number of piperidine rings is 1. The highest BCUT2D eigenvalue weighted by atomic mass is 32.2. The predicted octanol–water partition coefficient (Wildman–Crippen LogP) is 2.59. The molecule has 0 aromatic heterocycles. The fraction of sp³-hybridized carbons (Fsp3) is 0.588. The zero-order valence-corrected chi connectivity index (χ0v) is 15.1. The van der Waals surface area contributed by atoms with Gasteiger partial charge in [0.1, 0.15) is 0 Å². The van der Waals surface area contributed by atoms with Crippen LogP contribution >= 0.6 is 0 Å². The van der Waals surface area contributed by atoms with Gasteiger partial charge in [0, 0.05) is 18.8 Å². The first kappa shape index (κ1) is 17.9. The number of carbonyl (C=O) groups is 1. The van der Waals surface area contributed by atoms with E-state index < -0.39 is 10.0 Å². The van der Waals surface area contributed by atoms with Crippen LogP contribution < -0.4 is 5.32 Å². The molecule has 1 unspecified atom stereocenters. The van der Waals surface area contributed by atoms with E-state index in [1.165, 1.54) is 10.6 Å². The number of rotatable bonds is 3. The Morgan fingerprint density at radius 3 is 2.52 bits per heavy atom. The van der Waals surface area contributed by atoms with Crippen molar-refractivity contribution in [2.75, 3.05) is 24.7 Å². The Morgan fingerprint density at radius 1 is 1.26 bits per heavy atom. The third-order valence-electron chi connectivity index (χ3n) is 4.22. The highest BCUT2D eigenvalue weighted by Gasteiger charge is 2.30. The van der Waals surface area contributed by atoms with Gasteiger partial charge in [0.05, 0.1) is 12.2 Å². The summed E-state index contributed by atoms with van der Waals surface area (Å²) in [4.78, 5) is 12.6. The Balaban J connectivity index is 2.14. The van der Waals surface area contributed by atoms with Crippen LogP contribution in [0.1, 0.15) is 39.2 Å². The molecular formula is C17H26N2O3S. The molecule has 5 nitrogen and oxygen atoms in total. The zero-order chi connectivity index (χ0) is 17.3. The number of nitrogens with one attached hydrogen (secondary N) is 1. The summed E-state index contributed by atoms with van der Waals surface area (Å²) in [6.45, 7) is 7.07. The van der Waals surface area contributed by atoms with Crippen LogP contribution in [0, 0.1) is 5.92 Å². The minimum absolute atomic E-state index is 0.0742. The molecule has 23 heavy (non-hydrogen) atoms. The van der Waals surface area contributed by atoms with Gasteiger partial charge in [-0.2, -0.15) is 0 Å². The van der Waals surface area contributed by atoms with Crippen LogP contribution in [0.4, 0.5) is 5.69 Å². The summed E-state index contributed by atoms with van der Waals surface area (Å²) in [7, 11) is -3.24. The minimum atomic E-state index is -3.24. The summed E-state index contributed by atoms with van der Waals surface area (Å²) in [5.74, 6) is -0.401. The van der Waals surface area contributed by atoms with Crippen LogP contribution in [0.2, 0.25) is 0 Å². The van der Waals surface area contributed by atoms with Crippen molar-refractivity contribution in [3.63, 3.8) is 0 Å². The van der Waals surface area contributed by atoms with Gasteiger partial charge in [0.25, 0.3) is 0 Å². The molecule has 0 bridgehead atoms. The van der Waals surface area contributed by atoms with E-state index in [0.29, 0.717) is 13.0 Å². The van der Waals surface area contributed by atoms with E-state index in [1.807, 2.05) is 24.3 Å². The maximum atomic E-state index is 12.6. The highest BCUT2D eigenvalue weighted by Crippen LogP contribution is 2.30. The number of para-hydroxylation sites is 1. The Kier molecular flexibility index (Phi) is 5.16. The maximum Gasteiger partial charge on any atom is 0.228 e. The molecule has 1 saturated heterocycles. The summed E-state index contributed by atoms with van der Waals surface area (Å²) in [6.07, 6.45) is 2.63. The van der Waals surface area contributed by atoms with Gasteiger partial charge in [0.2, 0.25) is 15.9 Å². The zero-order valence-electron chi connectivity index (χ0n) is 14.3. The van der Waals surface area contributed by atoms with Crippen molar-refractivity contribution in [3.05, 3.63) is 29.8 Å². The van der Waals surface area contributed by atoms with E-state index in [-0.39, 0.29) is 23.8 Å². The first-order chi connectivity index (χ1) is 10.6. The summed E-state index contributed by atoms with van der Waals surface area (Å²) in [5, 5.41) is 3.00. The van der Waals surface area contributed by atoms with Crippen molar-refractivity contribution in [2.45, 2.75) is 39.0 Å². The van der Waals surface area contributed by atoms with Crippen molar-refractivity contribution in [1.29, 1.82) is 0 Å². The van der Waals surface area contributed by atoms with E-state index in [1.54, 1.807) is 0 Å². The van der Waals surface area contributed by atoms with Crippen molar-refractivity contribution >= 4 is 21.6 Å². The molecule has 1 aliphatic rings. The van der Waals surface area contributed by atoms with Gasteiger partial charge in [-0.1, -0.05) is 39.0 Å². The lowest BCUT2D eigenvalue weighted by molar-refractivity contribution is -0.120. The number of carbonyl (C=O) groups excluding carboxylic acids is 1. The molecule has 1 heterocycles. The molecule has 0 saturated carbocycles. The Hall–Kier alpha value is -1.40. The Labute approximate surface area is 139 Å². The number of hydrogen-bond donors (Lipinski definition) is 1. The predicted molar refractivity (Wildman–Crippen MR) is 92.9 cm³/mol. The van der Waals surface area contributed by atoms with E-state index in [2.05, 4.69) is 26.1 Å². The molecule has 1 atom stereocenters. The monoisotopic (exact) mass is 338 g/mol. The van der Waals surface area contributed by atoms with Crippen LogP contribution in [-0.4, -0.2) is 38.0 Å². The van der Waals surface area contributed by atoms with E-state index in [9.17, 15) is 13.2 Å². The van der Waals surface area contributed by atoms with Gasteiger partial charge in [-0.25, -0.2) is 12.7 Å². The Morgan fingerprint density at radius 2 is 1.91 bits per heavy atom. The average molecular weight is 338 g/mol. The number of nitrogens with zero attached hydrogens (tertiary/aromatic N) is 1. The standard InChI is InChI=1S/C17H26N2O3S/c1-17(2,3)14-9-5-6-10-15(14)18-16(20)13-8-7-11-19(12-13)23(4,21)22/h5-6,9-10,13H,7-8,11-12H2,1-4H3,(H,18,20). The molecule has 1 amide bonds. The maximum absolute atomic E-state index is 12.6. The normalized spacial score (nSPS) is 20.3. The number of amides is 1. The molecule has 6 heteroatoms. The quantitative estimate of drug-likeness (QED) is 0.921. The second kappa shape index (κ2) is 6.61. The summed E-state index contributed by atoms with van der Waals surface area (Å²) in [6, 6.07) is 7.77. The molecule has 0 aliphatic carbocycles. The van der Waals surface area contributed by atoms with Gasteiger partial charge in [-0.3, -0.25) is 4.79 Å². The molecule has 0 radical (unpaired) electrons. The third kappa shape index (κ3) is 4.54. The first-order valence-corrected chi connectivity index (χ1v) is 9.79. The van der Waals surface area contributed by atoms with Gasteiger partial charge in [-0.15, -0.1) is 0 Å². The SMILES string of the molecule is CC(C)(C)c1ccccc1NC(=O)C1CCCN(S(C)(=O)=O)C1. The smallest absolute Gasteiger partial charge is 0.228 e. The second-order valence-electron chi connectivity index (χ2n) is 7.24. The molecule has 128 valence electrons. The fourth-order valence-electron chi connectivity index (χ4n) is 2.94. The van der Waals surface area contributed by atoms with Crippen molar-refractivity contribution in [2.24, 2.45) is 5.92 Å². The summed E-state index contributed by atoms with van der Waals surface area (Å²) in [5.41, 5.74) is 1.81. The Bertz CT molecular complexity index is 677. The molecular weight excluding hydrogens is 312 g/mol. The number of benzene rings is 1. The van der Waals surface area contributed by atoms with Crippen LogP contribution in [0.25, 0.3) is 0 Å². The molecule has 1 aromatic rings. The summed E-state index contributed by atoms with van der Waals surface area (Å²) < 4.78 is 24.8. The molecule has 0 spiro atoms. The number of anilines is 1. The third-order valence-corrected chi connectivity index (χ3v) is 5.49. The molecule has 1 aliphatic heterocycles. The minimum Gasteiger partial charge on any atom is -0.326 e. The molecule has 1 N–H and O–H groups in total. The largest absolute Gasteiger partial charge is 0.326 e. The van der Waals surface area contributed by atoms with Crippen LogP contribution in [0.3, 0.4) is 0 Å². The highest BCUT2D eigenvalue weighted by molar-refractivity contribution is 7.88. The van der Waals surface area contributed by atoms with Crippen molar-refractivity contribution in [3.8, 4) is 0 Å². The van der Waals surface area contributed by atoms with Gasteiger partial charge in [-0.05, 0) is 29.9 Å². The van der Waals surface area contributed by atoms with E-state index >= 15 is 0 Å². The second-order valence-corrected chi connectivity index (χ2v) is 9.23. The van der Waals surface area contributed by atoms with Gasteiger partial charge >= 0.3 is 0 Å². The van der Waals surface area contributed by atoms with Crippen LogP contribution in [-0.2, 0) is 20.2 Å². The van der Waals surface area contributed by atoms with Crippen LogP contribution in [0.15, 0.2) is 24.3 Å². The number of sulfonamides is 1. The molecule has 1 aromatic carbocycles. The fourth-order valence-corrected chi connectivity index (χ4v) is 3.85. The van der Waals surface area contributed by atoms with Gasteiger partial charge in [0.15, 0.2) is 0 Å². The van der Waals surface area contributed by atoms with E-state index in [0.717, 1.165) is 17.7 Å². The molecule has 1 fully saturated rings. The first-order valence-electron chi connectivity index (χ1n) is 7.94. The topological polar surface area (TPSA) is 66.5 Å². The lowest BCUT2D eigenvalue weighted by Gasteiger charge is -2.30. The summed E-state index contributed by atoms with van der Waals surface area (Å²) >= 11 is 0.